The van der Waals surface area contributed by atoms with Gasteiger partial charge in [-0.3, -0.25) is 0 Å². The molecule has 4 saturated carbocycles. The highest BCUT2D eigenvalue weighted by molar-refractivity contribution is 5.03. The van der Waals surface area contributed by atoms with Crippen molar-refractivity contribution in [3.63, 3.8) is 0 Å². The van der Waals surface area contributed by atoms with Gasteiger partial charge in [-0.15, -0.1) is 0 Å². The molecule has 0 N–H and O–H groups in total. The van der Waals surface area contributed by atoms with Gasteiger partial charge in [0, 0.05) is 0 Å². The van der Waals surface area contributed by atoms with Gasteiger partial charge in [0.05, 0.1) is 0 Å². The second kappa shape index (κ2) is 2.77. The van der Waals surface area contributed by atoms with Gasteiger partial charge in [-0.1, -0.05) is 0 Å². The van der Waals surface area contributed by atoms with Crippen LogP contribution in [0.4, 0.5) is 0 Å². The summed E-state index contributed by atoms with van der Waals surface area (Å²) in [5, 5.41) is 0. The molecule has 78 valence electrons. The first kappa shape index (κ1) is 8.19. The Bertz CT molecular complexity index is 178. The standard InChI is InChI=1S/C14H22/c1-2-10-4-3-9(1)13(10)14-11-5-6-12(14)8-7-11/h9-14H,1-8H2. The lowest BCUT2D eigenvalue weighted by atomic mass is 9.78. The summed E-state index contributed by atoms with van der Waals surface area (Å²) in [5.74, 6) is 7.18. The van der Waals surface area contributed by atoms with Gasteiger partial charge >= 0.3 is 0 Å². The molecule has 0 radical (unpaired) electrons. The summed E-state index contributed by atoms with van der Waals surface area (Å²) >= 11 is 0. The fourth-order valence-corrected chi connectivity index (χ4v) is 5.86. The molecule has 0 heterocycles. The van der Waals surface area contributed by atoms with Crippen molar-refractivity contribution in [2.24, 2.45) is 35.5 Å². The van der Waals surface area contributed by atoms with Crippen molar-refractivity contribution in [1.82, 2.24) is 0 Å². The van der Waals surface area contributed by atoms with Gasteiger partial charge in [0.2, 0.25) is 0 Å². The number of fused-ring (bicyclic) bond motifs is 5. The van der Waals surface area contributed by atoms with E-state index >= 15 is 0 Å². The molecule has 4 bridgehead atoms. The molecule has 14 heavy (non-hydrogen) atoms. The van der Waals surface area contributed by atoms with Gasteiger partial charge in [-0.2, -0.15) is 0 Å². The van der Waals surface area contributed by atoms with Crippen LogP contribution >= 0.6 is 0 Å². The van der Waals surface area contributed by atoms with Crippen LogP contribution in [0, 0.1) is 35.5 Å². The zero-order chi connectivity index (χ0) is 9.12. The fraction of sp³-hybridized carbons (Fsp3) is 1.00. The lowest BCUT2D eigenvalue weighted by molar-refractivity contribution is 0.203. The van der Waals surface area contributed by atoms with E-state index in [1.165, 1.54) is 35.5 Å². The van der Waals surface area contributed by atoms with Crippen molar-refractivity contribution in [3.8, 4) is 0 Å². The molecule has 0 atom stereocenters. The van der Waals surface area contributed by atoms with E-state index in [1.54, 1.807) is 51.4 Å². The molecular weight excluding hydrogens is 168 g/mol. The lowest BCUT2D eigenvalue weighted by Crippen LogP contribution is -2.22. The molecule has 0 aromatic carbocycles. The smallest absolute Gasteiger partial charge is 0.0324 e. The summed E-state index contributed by atoms with van der Waals surface area (Å²) < 4.78 is 0. The largest absolute Gasteiger partial charge is 0.0499 e. The van der Waals surface area contributed by atoms with Crippen LogP contribution in [-0.4, -0.2) is 0 Å². The minimum absolute atomic E-state index is 1.19. The molecule has 4 rings (SSSR count). The summed E-state index contributed by atoms with van der Waals surface area (Å²) in [6.07, 6.45) is 12.8. The van der Waals surface area contributed by atoms with Crippen LogP contribution in [0.25, 0.3) is 0 Å². The van der Waals surface area contributed by atoms with Crippen molar-refractivity contribution in [2.45, 2.75) is 51.4 Å². The van der Waals surface area contributed by atoms with E-state index in [1.807, 2.05) is 0 Å². The third kappa shape index (κ3) is 0.907. The van der Waals surface area contributed by atoms with Crippen LogP contribution in [0.2, 0.25) is 0 Å². The maximum Gasteiger partial charge on any atom is -0.0324 e. The highest BCUT2D eigenvalue weighted by atomic mass is 14.6. The topological polar surface area (TPSA) is 0 Å². The first-order chi connectivity index (χ1) is 6.93. The predicted octanol–water partition coefficient (Wildman–Crippen LogP) is 3.86. The number of rotatable bonds is 1. The maximum atomic E-state index is 1.60. The number of hydrogen-bond donors (Lipinski definition) is 0. The molecule has 0 heteroatoms. The van der Waals surface area contributed by atoms with Gasteiger partial charge in [0.25, 0.3) is 0 Å². The Morgan fingerprint density at radius 1 is 0.357 bits per heavy atom. The Labute approximate surface area is 87.5 Å². The summed E-state index contributed by atoms with van der Waals surface area (Å²) in [5.41, 5.74) is 0. The third-order valence-electron chi connectivity index (χ3n) is 6.25. The van der Waals surface area contributed by atoms with Crippen LogP contribution < -0.4 is 0 Å². The minimum Gasteiger partial charge on any atom is -0.0499 e. The van der Waals surface area contributed by atoms with Gasteiger partial charge < -0.3 is 0 Å². The van der Waals surface area contributed by atoms with E-state index in [9.17, 15) is 0 Å². The minimum atomic E-state index is 1.19. The second-order valence-corrected chi connectivity index (χ2v) is 6.50. The highest BCUT2D eigenvalue weighted by Crippen LogP contribution is 2.62. The average molecular weight is 190 g/mol. The molecule has 0 aromatic rings. The zero-order valence-corrected chi connectivity index (χ0v) is 9.12. The van der Waals surface area contributed by atoms with Crippen LogP contribution in [0.15, 0.2) is 0 Å². The molecule has 4 aliphatic rings. The molecule has 0 spiro atoms. The Hall–Kier alpha value is 0. The normalized spacial score (nSPS) is 60.0. The van der Waals surface area contributed by atoms with Crippen LogP contribution in [0.3, 0.4) is 0 Å². The molecule has 0 amide bonds. The van der Waals surface area contributed by atoms with Crippen LogP contribution in [0.1, 0.15) is 51.4 Å². The summed E-state index contributed by atoms with van der Waals surface area (Å²) in [4.78, 5) is 0. The molecule has 4 aliphatic carbocycles. The van der Waals surface area contributed by atoms with Crippen molar-refractivity contribution >= 4 is 0 Å². The molecule has 0 unspecified atom stereocenters. The van der Waals surface area contributed by atoms with Crippen LogP contribution in [-0.2, 0) is 0 Å². The maximum absolute atomic E-state index is 1.60. The fourth-order valence-electron chi connectivity index (χ4n) is 5.86. The Balaban J connectivity index is 1.64. The van der Waals surface area contributed by atoms with Crippen molar-refractivity contribution in [1.29, 1.82) is 0 Å². The monoisotopic (exact) mass is 190 g/mol. The summed E-state index contributed by atoms with van der Waals surface area (Å²) in [7, 11) is 0. The highest BCUT2D eigenvalue weighted by Gasteiger charge is 2.53. The Kier molecular flexibility index (Phi) is 1.62. The first-order valence-corrected chi connectivity index (χ1v) is 6.93. The molecule has 0 nitrogen and oxygen atoms in total. The third-order valence-corrected chi connectivity index (χ3v) is 6.25. The van der Waals surface area contributed by atoms with E-state index in [0.29, 0.717) is 0 Å². The molecule has 0 aliphatic heterocycles. The second-order valence-electron chi connectivity index (χ2n) is 6.50. The average Bonchev–Trinajstić information content (AvgIpc) is 2.92. The van der Waals surface area contributed by atoms with Crippen molar-refractivity contribution < 1.29 is 0 Å². The molecule has 0 saturated heterocycles. The van der Waals surface area contributed by atoms with Crippen molar-refractivity contribution in [2.75, 3.05) is 0 Å². The Morgan fingerprint density at radius 2 is 0.571 bits per heavy atom. The van der Waals surface area contributed by atoms with E-state index < -0.39 is 0 Å². The van der Waals surface area contributed by atoms with E-state index in [2.05, 4.69) is 0 Å². The molecule has 0 aromatic heterocycles. The van der Waals surface area contributed by atoms with Gasteiger partial charge in [-0.25, -0.2) is 0 Å². The van der Waals surface area contributed by atoms with Gasteiger partial charge in [-0.05, 0) is 86.9 Å². The molecule has 4 fully saturated rings. The lowest BCUT2D eigenvalue weighted by Gasteiger charge is -2.27. The van der Waals surface area contributed by atoms with Crippen molar-refractivity contribution in [3.05, 3.63) is 0 Å². The SMILES string of the molecule is C1CC2CCC1C2C1C2CCC1CC2. The number of hydrogen-bond acceptors (Lipinski definition) is 0. The predicted molar refractivity (Wildman–Crippen MR) is 57.9 cm³/mol. The van der Waals surface area contributed by atoms with E-state index in [0.717, 1.165) is 0 Å². The van der Waals surface area contributed by atoms with Gasteiger partial charge in [0.15, 0.2) is 0 Å². The van der Waals surface area contributed by atoms with E-state index in [-0.39, 0.29) is 0 Å². The van der Waals surface area contributed by atoms with Crippen LogP contribution in [0.5, 0.6) is 0 Å². The van der Waals surface area contributed by atoms with E-state index in [4.69, 9.17) is 0 Å². The zero-order valence-electron chi connectivity index (χ0n) is 9.12. The van der Waals surface area contributed by atoms with Gasteiger partial charge in [0.1, 0.15) is 0 Å². The summed E-state index contributed by atoms with van der Waals surface area (Å²) in [6, 6.07) is 0. The Morgan fingerprint density at radius 3 is 0.786 bits per heavy atom. The summed E-state index contributed by atoms with van der Waals surface area (Å²) in [6.45, 7) is 0. The molecular formula is C14H22. The first-order valence-electron chi connectivity index (χ1n) is 6.93. The quantitative estimate of drug-likeness (QED) is 0.589.